The van der Waals surface area contributed by atoms with Gasteiger partial charge in [0.05, 0.1) is 0 Å². The van der Waals surface area contributed by atoms with Crippen LogP contribution in [0.3, 0.4) is 0 Å². The van der Waals surface area contributed by atoms with E-state index in [2.05, 4.69) is 42.9 Å². The molecule has 0 spiro atoms. The van der Waals surface area contributed by atoms with Gasteiger partial charge < -0.3 is 0 Å². The van der Waals surface area contributed by atoms with Gasteiger partial charge >= 0.3 is 0 Å². The summed E-state index contributed by atoms with van der Waals surface area (Å²) in [6.07, 6.45) is 17.5. The fraction of sp³-hybridized carbons (Fsp3) is 0.182. The normalized spacial score (nSPS) is 17.2. The van der Waals surface area contributed by atoms with Gasteiger partial charge in [-0.1, -0.05) is 12.2 Å². The van der Waals surface area contributed by atoms with Gasteiger partial charge in [0.15, 0.2) is 0 Å². The molecule has 0 atom stereocenters. The molecule has 2 aliphatic carbocycles. The fourth-order valence-corrected chi connectivity index (χ4v) is 1.38. The molecule has 0 saturated carbocycles. The second-order valence-corrected chi connectivity index (χ2v) is 2.89. The number of rotatable bonds is 2. The van der Waals surface area contributed by atoms with Gasteiger partial charge in [0.2, 0.25) is 0 Å². The van der Waals surface area contributed by atoms with Crippen LogP contribution in [-0.2, 0) is 25.8 Å². The van der Waals surface area contributed by atoms with Gasteiger partial charge in [-0.3, -0.25) is 0 Å². The van der Waals surface area contributed by atoms with Crippen LogP contribution in [0.25, 0.3) is 0 Å². The van der Waals surface area contributed by atoms with Gasteiger partial charge in [-0.15, -0.1) is 24.6 Å². The first-order valence-electron chi connectivity index (χ1n) is 4.01. The summed E-state index contributed by atoms with van der Waals surface area (Å²) in [5.41, 5.74) is 2.86. The van der Waals surface area contributed by atoms with E-state index >= 15 is 0 Å². The van der Waals surface area contributed by atoms with Crippen LogP contribution in [0.5, 0.6) is 0 Å². The Labute approximate surface area is 105 Å². The molecule has 0 radical (unpaired) electrons. The predicted molar refractivity (Wildman–Crippen MR) is 55.2 cm³/mol. The van der Waals surface area contributed by atoms with E-state index in [1.54, 1.807) is 0 Å². The molecule has 0 amide bonds. The standard InChI is InChI=1S/C11H11.ClH.Hf/c1-2-6-10(5-1)9-11-7-3-4-8-11;;/h1-5,7,9H,6,8H2;1H;/q-1;;. The van der Waals surface area contributed by atoms with Gasteiger partial charge in [0.1, 0.15) is 0 Å². The van der Waals surface area contributed by atoms with Crippen LogP contribution in [-0.4, -0.2) is 0 Å². The zero-order chi connectivity index (χ0) is 7.52. The summed E-state index contributed by atoms with van der Waals surface area (Å²) in [6, 6.07) is 0. The third kappa shape index (κ3) is 3.70. The first kappa shape index (κ1) is 13.0. The molecule has 0 aliphatic heterocycles. The molecular weight excluding hydrogens is 346 g/mol. The zero-order valence-electron chi connectivity index (χ0n) is 7.36. The molecule has 68 valence electrons. The molecule has 2 rings (SSSR count). The molecule has 0 heterocycles. The largest absolute Gasteiger partial charge is 0.163 e. The van der Waals surface area contributed by atoms with Crippen molar-refractivity contribution in [1.29, 1.82) is 0 Å². The molecule has 2 heteroatoms. The molecule has 0 saturated heterocycles. The van der Waals surface area contributed by atoms with E-state index in [1.165, 1.54) is 11.1 Å². The third-order valence-corrected chi connectivity index (χ3v) is 1.97. The monoisotopic (exact) mass is 359 g/mol. The van der Waals surface area contributed by atoms with E-state index in [9.17, 15) is 0 Å². The molecule has 0 nitrogen and oxygen atoms in total. The van der Waals surface area contributed by atoms with Gasteiger partial charge in [-0.25, -0.2) is 0 Å². The summed E-state index contributed by atoms with van der Waals surface area (Å²) < 4.78 is 0. The Morgan fingerprint density at radius 3 is 1.69 bits per heavy atom. The van der Waals surface area contributed by atoms with Crippen LogP contribution in [0.1, 0.15) is 12.8 Å². The summed E-state index contributed by atoms with van der Waals surface area (Å²) in [5.74, 6) is 0. The van der Waals surface area contributed by atoms with Crippen molar-refractivity contribution >= 4 is 12.4 Å². The number of hydrogen-bond acceptors (Lipinski definition) is 0. The van der Waals surface area contributed by atoms with Crippen LogP contribution < -0.4 is 0 Å². The van der Waals surface area contributed by atoms with Crippen molar-refractivity contribution in [3.8, 4) is 0 Å². The zero-order valence-corrected chi connectivity index (χ0v) is 11.8. The van der Waals surface area contributed by atoms with E-state index in [1.807, 2.05) is 0 Å². The minimum Gasteiger partial charge on any atom is -0.163 e. The Kier molecular flexibility index (Phi) is 6.44. The Balaban J connectivity index is 0.000000720. The Bertz CT molecular complexity index is 244. The fourth-order valence-electron chi connectivity index (χ4n) is 1.38. The van der Waals surface area contributed by atoms with Crippen molar-refractivity contribution in [3.05, 3.63) is 54.0 Å². The first-order valence-corrected chi connectivity index (χ1v) is 4.01. The maximum Gasteiger partial charge on any atom is 0 e. The molecule has 13 heavy (non-hydrogen) atoms. The minimum absolute atomic E-state index is 0. The summed E-state index contributed by atoms with van der Waals surface area (Å²) in [6.45, 7) is 0. The predicted octanol–water partition coefficient (Wildman–Crippen LogP) is 3.38. The van der Waals surface area contributed by atoms with Crippen molar-refractivity contribution in [1.82, 2.24) is 0 Å². The van der Waals surface area contributed by atoms with Crippen LogP contribution in [0.4, 0.5) is 0 Å². The average molecular weight is 358 g/mol. The van der Waals surface area contributed by atoms with E-state index in [0.717, 1.165) is 12.8 Å². The number of halogens is 1. The minimum atomic E-state index is 0. The van der Waals surface area contributed by atoms with Crippen LogP contribution >= 0.6 is 12.4 Å². The van der Waals surface area contributed by atoms with Crippen molar-refractivity contribution < 1.29 is 25.8 Å². The van der Waals surface area contributed by atoms with Crippen molar-refractivity contribution in [2.75, 3.05) is 0 Å². The summed E-state index contributed by atoms with van der Waals surface area (Å²) in [7, 11) is 0. The molecule has 0 aromatic carbocycles. The topological polar surface area (TPSA) is 0 Å². The van der Waals surface area contributed by atoms with Gasteiger partial charge in [0.25, 0.3) is 0 Å². The molecule has 0 N–H and O–H groups in total. The summed E-state index contributed by atoms with van der Waals surface area (Å²) >= 11 is 0. The smallest absolute Gasteiger partial charge is 0 e. The Morgan fingerprint density at radius 1 is 0.923 bits per heavy atom. The van der Waals surface area contributed by atoms with E-state index in [4.69, 9.17) is 0 Å². The molecule has 0 bridgehead atoms. The Morgan fingerprint density at radius 2 is 1.38 bits per heavy atom. The first-order chi connectivity index (χ1) is 5.45. The van der Waals surface area contributed by atoms with E-state index in [0.29, 0.717) is 0 Å². The van der Waals surface area contributed by atoms with Crippen LogP contribution in [0.2, 0.25) is 0 Å². The number of allylic oxidation sites excluding steroid dienone is 8. The van der Waals surface area contributed by atoms with Crippen molar-refractivity contribution in [2.24, 2.45) is 0 Å². The van der Waals surface area contributed by atoms with Gasteiger partial charge in [-0.2, -0.15) is 29.7 Å². The van der Waals surface area contributed by atoms with Gasteiger partial charge in [-0.05, 0) is 12.8 Å². The molecule has 0 unspecified atom stereocenters. The van der Waals surface area contributed by atoms with E-state index < -0.39 is 0 Å². The summed E-state index contributed by atoms with van der Waals surface area (Å²) in [4.78, 5) is 0. The average Bonchev–Trinajstić information content (AvgIpc) is 2.60. The quantitative estimate of drug-likeness (QED) is 0.525. The molecule has 0 aromatic heterocycles. The molecule has 2 aliphatic rings. The second kappa shape index (κ2) is 6.44. The molecule has 0 fully saturated rings. The van der Waals surface area contributed by atoms with Gasteiger partial charge in [0, 0.05) is 25.8 Å². The second-order valence-electron chi connectivity index (χ2n) is 2.89. The third-order valence-electron chi connectivity index (χ3n) is 1.97. The Hall–Kier alpha value is -0.00987. The van der Waals surface area contributed by atoms with Crippen molar-refractivity contribution in [3.63, 3.8) is 0 Å². The maximum absolute atomic E-state index is 2.28. The molecular formula is C11H12ClHf-. The van der Waals surface area contributed by atoms with Crippen LogP contribution in [0.15, 0.2) is 47.6 Å². The maximum atomic E-state index is 2.28. The van der Waals surface area contributed by atoms with Crippen molar-refractivity contribution in [2.45, 2.75) is 12.8 Å². The van der Waals surface area contributed by atoms with E-state index in [-0.39, 0.29) is 38.3 Å². The number of hydrogen-bond donors (Lipinski definition) is 0. The SMILES string of the molecule is C1=CCC([CH-]C2=CC=CC2)=C1.Cl.[Hf]. The van der Waals surface area contributed by atoms with Crippen LogP contribution in [0, 0.1) is 6.42 Å². The molecule has 0 aromatic rings. The summed E-state index contributed by atoms with van der Waals surface area (Å²) in [5, 5.41) is 0.